The molecule has 1 aromatic carbocycles. The Balaban J connectivity index is 2.69. The maximum Gasteiger partial charge on any atom is 0.389 e. The number of benzene rings is 1. The number of alkyl halides is 3. The van der Waals surface area contributed by atoms with Crippen molar-refractivity contribution < 1.29 is 27.4 Å². The van der Waals surface area contributed by atoms with E-state index in [1.165, 1.54) is 25.3 Å². The van der Waals surface area contributed by atoms with E-state index >= 15 is 0 Å². The number of para-hydroxylation sites is 1. The molecule has 4 nitrogen and oxygen atoms in total. The lowest BCUT2D eigenvalue weighted by Gasteiger charge is -2.13. The minimum atomic E-state index is -4.23. The van der Waals surface area contributed by atoms with E-state index in [4.69, 9.17) is 10.5 Å². The van der Waals surface area contributed by atoms with Crippen molar-refractivity contribution in [2.45, 2.75) is 19.0 Å². The third kappa shape index (κ3) is 4.69. The van der Waals surface area contributed by atoms with E-state index in [2.05, 4.69) is 4.74 Å². The predicted octanol–water partition coefficient (Wildman–Crippen LogP) is 2.78. The second-order valence-electron chi connectivity index (χ2n) is 3.78. The number of nitrogens with two attached hydrogens (primary N) is 1. The lowest BCUT2D eigenvalue weighted by molar-refractivity contribution is -0.136. The first-order chi connectivity index (χ1) is 8.85. The van der Waals surface area contributed by atoms with Crippen LogP contribution in [0.15, 0.2) is 18.2 Å². The SMILES string of the molecule is COC(=O)c1cccc(N)c1OCCCC(F)(F)F. The van der Waals surface area contributed by atoms with Crippen molar-refractivity contribution in [3.63, 3.8) is 0 Å². The van der Waals surface area contributed by atoms with Crippen molar-refractivity contribution in [2.75, 3.05) is 19.5 Å². The summed E-state index contributed by atoms with van der Waals surface area (Å²) in [5, 5.41) is 0. The van der Waals surface area contributed by atoms with Gasteiger partial charge in [0, 0.05) is 6.42 Å². The zero-order chi connectivity index (χ0) is 14.5. The third-order valence-corrected chi connectivity index (χ3v) is 2.30. The summed E-state index contributed by atoms with van der Waals surface area (Å²) in [5.74, 6) is -0.602. The highest BCUT2D eigenvalue weighted by atomic mass is 19.4. The van der Waals surface area contributed by atoms with E-state index in [9.17, 15) is 18.0 Å². The van der Waals surface area contributed by atoms with Gasteiger partial charge in [-0.1, -0.05) is 6.07 Å². The summed E-state index contributed by atoms with van der Waals surface area (Å²) in [6, 6.07) is 4.46. The van der Waals surface area contributed by atoms with Crippen LogP contribution in [0.5, 0.6) is 5.75 Å². The molecular weight excluding hydrogens is 263 g/mol. The minimum Gasteiger partial charge on any atom is -0.491 e. The minimum absolute atomic E-state index is 0.0523. The molecule has 2 N–H and O–H groups in total. The Labute approximate surface area is 108 Å². The molecule has 0 radical (unpaired) electrons. The summed E-state index contributed by atoms with van der Waals surface area (Å²) in [5.41, 5.74) is 5.89. The van der Waals surface area contributed by atoms with Gasteiger partial charge in [-0.2, -0.15) is 13.2 Å². The fraction of sp³-hybridized carbons (Fsp3) is 0.417. The largest absolute Gasteiger partial charge is 0.491 e. The lowest BCUT2D eigenvalue weighted by Crippen LogP contribution is -2.12. The molecule has 0 bridgehead atoms. The number of anilines is 1. The van der Waals surface area contributed by atoms with Gasteiger partial charge in [0.25, 0.3) is 0 Å². The van der Waals surface area contributed by atoms with Crippen LogP contribution in [0, 0.1) is 0 Å². The van der Waals surface area contributed by atoms with Crippen LogP contribution in [0.2, 0.25) is 0 Å². The molecule has 0 fully saturated rings. The Hall–Kier alpha value is -1.92. The van der Waals surface area contributed by atoms with E-state index in [1.807, 2.05) is 0 Å². The van der Waals surface area contributed by atoms with Crippen LogP contribution in [-0.4, -0.2) is 25.9 Å². The molecule has 0 aliphatic heterocycles. The molecular formula is C12H14F3NO3. The summed E-state index contributed by atoms with van der Waals surface area (Å²) in [7, 11) is 1.19. The number of rotatable bonds is 5. The molecule has 1 rings (SSSR count). The number of ether oxygens (including phenoxy) is 2. The topological polar surface area (TPSA) is 61.5 Å². The molecule has 0 spiro atoms. The number of carbonyl (C=O) groups excluding carboxylic acids is 1. The van der Waals surface area contributed by atoms with Crippen LogP contribution in [0.25, 0.3) is 0 Å². The third-order valence-electron chi connectivity index (χ3n) is 2.30. The Kier molecular flexibility index (Phi) is 5.02. The summed E-state index contributed by atoms with van der Waals surface area (Å²) < 4.78 is 45.6. The molecule has 0 aliphatic rings. The van der Waals surface area contributed by atoms with Gasteiger partial charge in [0.15, 0.2) is 5.75 Å². The first-order valence-electron chi connectivity index (χ1n) is 5.51. The number of esters is 1. The van der Waals surface area contributed by atoms with Crippen molar-refractivity contribution in [3.05, 3.63) is 23.8 Å². The van der Waals surface area contributed by atoms with Gasteiger partial charge >= 0.3 is 12.1 Å². The van der Waals surface area contributed by atoms with E-state index in [0.29, 0.717) is 0 Å². The van der Waals surface area contributed by atoms with E-state index < -0.39 is 18.6 Å². The molecule has 0 saturated carbocycles. The monoisotopic (exact) mass is 277 g/mol. The molecule has 0 amide bonds. The first-order valence-corrected chi connectivity index (χ1v) is 5.51. The molecule has 0 heterocycles. The summed E-state index contributed by atoms with van der Waals surface area (Å²) in [6.07, 6.45) is -5.39. The van der Waals surface area contributed by atoms with Crippen LogP contribution in [0.1, 0.15) is 23.2 Å². The summed E-state index contributed by atoms with van der Waals surface area (Å²) >= 11 is 0. The van der Waals surface area contributed by atoms with Crippen LogP contribution >= 0.6 is 0 Å². The van der Waals surface area contributed by atoms with Gasteiger partial charge in [-0.3, -0.25) is 0 Å². The smallest absolute Gasteiger partial charge is 0.389 e. The maximum absolute atomic E-state index is 12.0. The normalized spacial score (nSPS) is 11.2. The number of carbonyl (C=O) groups is 1. The first kappa shape index (κ1) is 15.1. The van der Waals surface area contributed by atoms with E-state index in [-0.39, 0.29) is 30.0 Å². The zero-order valence-electron chi connectivity index (χ0n) is 10.3. The Morgan fingerprint density at radius 3 is 2.63 bits per heavy atom. The van der Waals surface area contributed by atoms with Crippen LogP contribution < -0.4 is 10.5 Å². The summed E-state index contributed by atoms with van der Waals surface area (Å²) in [6.45, 7) is -0.183. The number of halogens is 3. The quantitative estimate of drug-likeness (QED) is 0.510. The fourth-order valence-electron chi connectivity index (χ4n) is 1.43. The molecule has 7 heteroatoms. The van der Waals surface area contributed by atoms with Gasteiger partial charge in [0.1, 0.15) is 5.56 Å². The van der Waals surface area contributed by atoms with E-state index in [0.717, 1.165) is 0 Å². The number of hydrogen-bond donors (Lipinski definition) is 1. The van der Waals surface area contributed by atoms with Gasteiger partial charge in [-0.05, 0) is 18.6 Å². The number of nitrogen functional groups attached to an aromatic ring is 1. The van der Waals surface area contributed by atoms with Gasteiger partial charge in [0.05, 0.1) is 19.4 Å². The number of methoxy groups -OCH3 is 1. The number of hydrogen-bond acceptors (Lipinski definition) is 4. The van der Waals surface area contributed by atoms with Crippen molar-refractivity contribution in [3.8, 4) is 5.75 Å². The molecule has 19 heavy (non-hydrogen) atoms. The van der Waals surface area contributed by atoms with Gasteiger partial charge in [-0.25, -0.2) is 4.79 Å². The highest BCUT2D eigenvalue weighted by molar-refractivity contribution is 5.94. The molecule has 0 aliphatic carbocycles. The second-order valence-corrected chi connectivity index (χ2v) is 3.78. The summed E-state index contributed by atoms with van der Waals surface area (Å²) in [4.78, 5) is 11.4. The van der Waals surface area contributed by atoms with Gasteiger partial charge in [0.2, 0.25) is 0 Å². The Morgan fingerprint density at radius 1 is 1.37 bits per heavy atom. The Morgan fingerprint density at radius 2 is 2.05 bits per heavy atom. The standard InChI is InChI=1S/C12H14F3NO3/c1-18-11(17)8-4-2-5-9(16)10(8)19-7-3-6-12(13,14)15/h2,4-5H,3,6-7,16H2,1H3. The fourth-order valence-corrected chi connectivity index (χ4v) is 1.43. The predicted molar refractivity (Wildman–Crippen MR) is 63.0 cm³/mol. The maximum atomic E-state index is 12.0. The van der Waals surface area contributed by atoms with Crippen LogP contribution in [0.3, 0.4) is 0 Å². The van der Waals surface area contributed by atoms with Crippen molar-refractivity contribution in [1.29, 1.82) is 0 Å². The average Bonchev–Trinajstić information content (AvgIpc) is 2.33. The van der Waals surface area contributed by atoms with Crippen LogP contribution in [0.4, 0.5) is 18.9 Å². The molecule has 0 atom stereocenters. The van der Waals surface area contributed by atoms with E-state index in [1.54, 1.807) is 0 Å². The lowest BCUT2D eigenvalue weighted by atomic mass is 10.1. The average molecular weight is 277 g/mol. The highest BCUT2D eigenvalue weighted by Crippen LogP contribution is 2.28. The molecule has 0 unspecified atom stereocenters. The Bertz CT molecular complexity index is 446. The van der Waals surface area contributed by atoms with Crippen molar-refractivity contribution in [1.82, 2.24) is 0 Å². The highest BCUT2D eigenvalue weighted by Gasteiger charge is 2.26. The van der Waals surface area contributed by atoms with Crippen LogP contribution in [-0.2, 0) is 4.74 Å². The molecule has 106 valence electrons. The second kappa shape index (κ2) is 6.31. The zero-order valence-corrected chi connectivity index (χ0v) is 10.3. The molecule has 0 aromatic heterocycles. The molecule has 0 saturated heterocycles. The van der Waals surface area contributed by atoms with Gasteiger partial charge < -0.3 is 15.2 Å². The van der Waals surface area contributed by atoms with Gasteiger partial charge in [-0.15, -0.1) is 0 Å². The van der Waals surface area contributed by atoms with Crippen molar-refractivity contribution in [2.24, 2.45) is 0 Å². The molecule has 1 aromatic rings. The van der Waals surface area contributed by atoms with Crippen molar-refractivity contribution >= 4 is 11.7 Å².